The molecule has 1 rings (SSSR count). The number of alkyl halides is 1. The number of hydrogen-bond acceptors (Lipinski definition) is 2. The average Bonchev–Trinajstić information content (AvgIpc) is 2.28. The number of amides is 1. The summed E-state index contributed by atoms with van der Waals surface area (Å²) in [5.41, 5.74) is 1.14. The van der Waals surface area contributed by atoms with Crippen molar-refractivity contribution in [1.29, 1.82) is 0 Å². The minimum Gasteiger partial charge on any atom is -0.325 e. The van der Waals surface area contributed by atoms with Gasteiger partial charge in [-0.15, -0.1) is 0 Å². The first kappa shape index (κ1) is 11.9. The summed E-state index contributed by atoms with van der Waals surface area (Å²) < 4.78 is 0. The fourth-order valence-electron chi connectivity index (χ4n) is 1.21. The molecular formula is C11H12BrNO2. The Balaban J connectivity index is 2.96. The third-order valence-electron chi connectivity index (χ3n) is 1.94. The topological polar surface area (TPSA) is 46.2 Å². The highest BCUT2D eigenvalue weighted by Gasteiger charge is 2.10. The van der Waals surface area contributed by atoms with Crippen LogP contribution in [-0.2, 0) is 4.79 Å². The zero-order valence-corrected chi connectivity index (χ0v) is 10.0. The van der Waals surface area contributed by atoms with Crippen LogP contribution in [0.15, 0.2) is 24.3 Å². The van der Waals surface area contributed by atoms with Crippen LogP contribution in [0.3, 0.4) is 0 Å². The van der Waals surface area contributed by atoms with Crippen LogP contribution in [0, 0.1) is 0 Å². The van der Waals surface area contributed by atoms with Gasteiger partial charge >= 0.3 is 0 Å². The molecule has 0 fully saturated rings. The summed E-state index contributed by atoms with van der Waals surface area (Å²) in [6.07, 6.45) is 0.432. The molecule has 0 aliphatic rings. The molecule has 1 amide bonds. The van der Waals surface area contributed by atoms with Crippen molar-refractivity contribution in [3.8, 4) is 0 Å². The van der Waals surface area contributed by atoms with Crippen LogP contribution in [-0.4, -0.2) is 17.0 Å². The van der Waals surface area contributed by atoms with Gasteiger partial charge in [0, 0.05) is 12.0 Å². The van der Waals surface area contributed by atoms with Gasteiger partial charge < -0.3 is 5.32 Å². The molecule has 1 N–H and O–H groups in total. The zero-order chi connectivity index (χ0) is 11.3. The van der Waals surface area contributed by atoms with Gasteiger partial charge in [0.15, 0.2) is 5.78 Å². The van der Waals surface area contributed by atoms with Crippen molar-refractivity contribution in [1.82, 2.24) is 0 Å². The Hall–Kier alpha value is -1.16. The highest BCUT2D eigenvalue weighted by molar-refractivity contribution is 9.09. The van der Waals surface area contributed by atoms with Gasteiger partial charge in [0.05, 0.1) is 11.0 Å². The summed E-state index contributed by atoms with van der Waals surface area (Å²) in [5, 5.41) is 2.89. The van der Waals surface area contributed by atoms with E-state index in [4.69, 9.17) is 0 Å². The minimum atomic E-state index is -0.161. The number of ketones is 1. The maximum Gasteiger partial charge on any atom is 0.235 e. The van der Waals surface area contributed by atoms with Crippen molar-refractivity contribution in [3.05, 3.63) is 29.8 Å². The molecule has 0 unspecified atom stereocenters. The first-order chi connectivity index (χ1) is 7.19. The van der Waals surface area contributed by atoms with Gasteiger partial charge in [-0.25, -0.2) is 0 Å². The van der Waals surface area contributed by atoms with E-state index in [1.165, 1.54) is 0 Å². The largest absolute Gasteiger partial charge is 0.325 e. The molecule has 80 valence electrons. The van der Waals surface area contributed by atoms with Gasteiger partial charge in [-0.2, -0.15) is 0 Å². The molecule has 15 heavy (non-hydrogen) atoms. The molecule has 3 nitrogen and oxygen atoms in total. The molecule has 0 saturated heterocycles. The number of carbonyl (C=O) groups is 2. The van der Waals surface area contributed by atoms with E-state index in [1.54, 1.807) is 31.2 Å². The van der Waals surface area contributed by atoms with Gasteiger partial charge in [0.2, 0.25) is 5.91 Å². The molecule has 0 aliphatic heterocycles. The number of para-hydroxylation sites is 1. The molecule has 0 heterocycles. The normalized spacial score (nSPS) is 9.73. The predicted molar refractivity (Wildman–Crippen MR) is 63.5 cm³/mol. The lowest BCUT2D eigenvalue weighted by molar-refractivity contribution is -0.113. The number of benzene rings is 1. The van der Waals surface area contributed by atoms with Gasteiger partial charge in [-0.3, -0.25) is 9.59 Å². The van der Waals surface area contributed by atoms with Crippen LogP contribution >= 0.6 is 15.9 Å². The van der Waals surface area contributed by atoms with Crippen molar-refractivity contribution in [2.24, 2.45) is 0 Å². The van der Waals surface area contributed by atoms with E-state index in [1.807, 2.05) is 0 Å². The van der Waals surface area contributed by atoms with Crippen LogP contribution in [0.2, 0.25) is 0 Å². The fourth-order valence-corrected chi connectivity index (χ4v) is 1.35. The van der Waals surface area contributed by atoms with Gasteiger partial charge in [-0.1, -0.05) is 35.0 Å². The van der Waals surface area contributed by atoms with E-state index in [0.29, 0.717) is 17.7 Å². The highest BCUT2D eigenvalue weighted by atomic mass is 79.9. The Labute approximate surface area is 97.0 Å². The zero-order valence-electron chi connectivity index (χ0n) is 8.42. The Kier molecular flexibility index (Phi) is 4.49. The summed E-state index contributed by atoms with van der Waals surface area (Å²) >= 11 is 3.05. The maximum atomic E-state index is 11.5. The average molecular weight is 270 g/mol. The second-order valence-electron chi connectivity index (χ2n) is 3.00. The fraction of sp³-hybridized carbons (Fsp3) is 0.273. The summed E-state index contributed by atoms with van der Waals surface area (Å²) in [6.45, 7) is 1.80. The Morgan fingerprint density at radius 3 is 2.60 bits per heavy atom. The summed E-state index contributed by atoms with van der Waals surface area (Å²) in [5.74, 6) is -0.133. The number of halogens is 1. The molecule has 0 aromatic heterocycles. The van der Waals surface area contributed by atoms with Crippen molar-refractivity contribution in [3.63, 3.8) is 0 Å². The third kappa shape index (κ3) is 3.16. The molecule has 1 aromatic rings. The van der Waals surface area contributed by atoms with Crippen molar-refractivity contribution in [2.45, 2.75) is 13.3 Å². The van der Waals surface area contributed by atoms with Crippen LogP contribution in [0.4, 0.5) is 5.69 Å². The van der Waals surface area contributed by atoms with Crippen molar-refractivity contribution in [2.75, 3.05) is 10.6 Å². The van der Waals surface area contributed by atoms with Crippen LogP contribution in [0.1, 0.15) is 23.7 Å². The van der Waals surface area contributed by atoms with Crippen LogP contribution in [0.5, 0.6) is 0 Å². The van der Waals surface area contributed by atoms with Crippen LogP contribution < -0.4 is 5.32 Å². The minimum absolute atomic E-state index is 0.0282. The summed E-state index contributed by atoms with van der Waals surface area (Å²) in [4.78, 5) is 22.7. The standard InChI is InChI=1S/C11H12BrNO2/c1-2-10(14)8-5-3-4-6-9(8)13-11(15)7-12/h3-6H,2,7H2,1H3,(H,13,15). The SMILES string of the molecule is CCC(=O)c1ccccc1NC(=O)CBr. The predicted octanol–water partition coefficient (Wildman–Crippen LogP) is 2.61. The number of rotatable bonds is 4. The Bertz CT molecular complexity index is 377. The van der Waals surface area contributed by atoms with Crippen LogP contribution in [0.25, 0.3) is 0 Å². The Morgan fingerprint density at radius 1 is 1.33 bits per heavy atom. The van der Waals surface area contributed by atoms with E-state index in [9.17, 15) is 9.59 Å². The molecule has 0 bridgehead atoms. The van der Waals surface area contributed by atoms with Crippen molar-refractivity contribution < 1.29 is 9.59 Å². The first-order valence-corrected chi connectivity index (χ1v) is 5.79. The quantitative estimate of drug-likeness (QED) is 0.675. The molecule has 0 radical (unpaired) electrons. The van der Waals surface area contributed by atoms with E-state index >= 15 is 0 Å². The van der Waals surface area contributed by atoms with E-state index < -0.39 is 0 Å². The monoisotopic (exact) mass is 269 g/mol. The molecule has 0 atom stereocenters. The van der Waals surface area contributed by atoms with Crippen molar-refractivity contribution >= 4 is 33.3 Å². The number of anilines is 1. The van der Waals surface area contributed by atoms with Gasteiger partial charge in [0.1, 0.15) is 0 Å². The third-order valence-corrected chi connectivity index (χ3v) is 2.45. The van der Waals surface area contributed by atoms with E-state index in [0.717, 1.165) is 0 Å². The second-order valence-corrected chi connectivity index (χ2v) is 3.56. The molecule has 4 heteroatoms. The number of nitrogens with one attached hydrogen (secondary N) is 1. The maximum absolute atomic E-state index is 11.5. The Morgan fingerprint density at radius 2 is 2.00 bits per heavy atom. The molecule has 0 spiro atoms. The molecule has 1 aromatic carbocycles. The van der Waals surface area contributed by atoms with Gasteiger partial charge in [0.25, 0.3) is 0 Å². The lowest BCUT2D eigenvalue weighted by Gasteiger charge is -2.08. The molecule has 0 saturated carbocycles. The lowest BCUT2D eigenvalue weighted by Crippen LogP contribution is -2.15. The molecule has 0 aliphatic carbocycles. The number of carbonyl (C=O) groups excluding carboxylic acids is 2. The second kappa shape index (κ2) is 5.66. The van der Waals surface area contributed by atoms with E-state index in [2.05, 4.69) is 21.2 Å². The first-order valence-electron chi connectivity index (χ1n) is 4.67. The summed E-state index contributed by atoms with van der Waals surface area (Å²) in [6, 6.07) is 7.02. The summed E-state index contributed by atoms with van der Waals surface area (Å²) in [7, 11) is 0. The van der Waals surface area contributed by atoms with Gasteiger partial charge in [-0.05, 0) is 12.1 Å². The smallest absolute Gasteiger partial charge is 0.235 e. The highest BCUT2D eigenvalue weighted by Crippen LogP contribution is 2.16. The molecular weight excluding hydrogens is 258 g/mol. The lowest BCUT2D eigenvalue weighted by atomic mass is 10.1. The number of Topliss-reactive ketones (excluding diaryl/α,β-unsaturated/α-hetero) is 1. The van der Waals surface area contributed by atoms with E-state index in [-0.39, 0.29) is 17.0 Å². The number of hydrogen-bond donors (Lipinski definition) is 1.